The average molecular weight is 327 g/mol. The number of likely N-dealkylation sites (N-methyl/N-ethyl adjacent to an activating group) is 1. The monoisotopic (exact) mass is 327 g/mol. The first-order valence-electron chi connectivity index (χ1n) is 7.75. The molecule has 2 aromatic heterocycles. The van der Waals surface area contributed by atoms with Crippen molar-refractivity contribution in [1.82, 2.24) is 24.9 Å². The minimum absolute atomic E-state index is 0.120. The van der Waals surface area contributed by atoms with Crippen molar-refractivity contribution in [3.05, 3.63) is 60.3 Å². The Balaban J connectivity index is 1.70. The van der Waals surface area contributed by atoms with E-state index in [1.165, 1.54) is 12.1 Å². The Hall–Kier alpha value is -2.96. The molecule has 3 rings (SSSR count). The maximum atomic E-state index is 13.0. The lowest BCUT2D eigenvalue weighted by atomic mass is 10.1. The van der Waals surface area contributed by atoms with Gasteiger partial charge in [-0.15, -0.1) is 0 Å². The number of nitrogens with zero attached hydrogens (tertiary/aromatic N) is 4. The number of carbonyl (C=O) groups excluding carboxylic acids is 1. The van der Waals surface area contributed by atoms with E-state index in [-0.39, 0.29) is 11.7 Å². The second-order valence-electron chi connectivity index (χ2n) is 5.33. The lowest BCUT2D eigenvalue weighted by Gasteiger charge is -2.19. The summed E-state index contributed by atoms with van der Waals surface area (Å²) in [5, 5.41) is 11.1. The second kappa shape index (κ2) is 7.08. The maximum absolute atomic E-state index is 13.0. The zero-order valence-electron chi connectivity index (χ0n) is 13.3. The highest BCUT2D eigenvalue weighted by molar-refractivity contribution is 5.93. The molecule has 1 N–H and O–H groups in total. The number of rotatable bonds is 6. The van der Waals surface area contributed by atoms with Crippen LogP contribution in [-0.4, -0.2) is 43.9 Å². The molecule has 0 saturated carbocycles. The zero-order chi connectivity index (χ0) is 16.9. The van der Waals surface area contributed by atoms with Crippen LogP contribution in [0.4, 0.5) is 4.39 Å². The number of halogens is 1. The highest BCUT2D eigenvalue weighted by atomic mass is 19.1. The van der Waals surface area contributed by atoms with Crippen LogP contribution in [0, 0.1) is 5.82 Å². The molecule has 0 atom stereocenters. The summed E-state index contributed by atoms with van der Waals surface area (Å²) in [5.41, 5.74) is 1.78. The van der Waals surface area contributed by atoms with Crippen molar-refractivity contribution in [2.24, 2.45) is 0 Å². The molecule has 0 spiro atoms. The molecule has 0 radical (unpaired) electrons. The first-order valence-corrected chi connectivity index (χ1v) is 7.75. The Labute approximate surface area is 138 Å². The van der Waals surface area contributed by atoms with Crippen molar-refractivity contribution in [1.29, 1.82) is 0 Å². The average Bonchev–Trinajstić information content (AvgIpc) is 3.27. The minimum atomic E-state index is -0.304. The molecule has 0 unspecified atom stereocenters. The van der Waals surface area contributed by atoms with E-state index in [0.717, 1.165) is 5.56 Å². The third kappa shape index (κ3) is 3.51. The Morgan fingerprint density at radius 2 is 2.12 bits per heavy atom. The van der Waals surface area contributed by atoms with E-state index in [0.29, 0.717) is 31.0 Å². The van der Waals surface area contributed by atoms with Gasteiger partial charge in [0.1, 0.15) is 11.5 Å². The molecule has 2 heterocycles. The molecule has 7 heteroatoms. The molecular weight excluding hydrogens is 309 g/mol. The van der Waals surface area contributed by atoms with Crippen LogP contribution >= 0.6 is 0 Å². The number of benzene rings is 1. The molecule has 0 aliphatic rings. The number of aromatic amines is 1. The smallest absolute Gasteiger partial charge is 0.271 e. The summed E-state index contributed by atoms with van der Waals surface area (Å²) >= 11 is 0. The fraction of sp³-hybridized carbons (Fsp3) is 0.235. The number of H-pyrrole nitrogens is 1. The van der Waals surface area contributed by atoms with Crippen molar-refractivity contribution < 1.29 is 9.18 Å². The van der Waals surface area contributed by atoms with Gasteiger partial charge in [0.25, 0.3) is 5.91 Å². The van der Waals surface area contributed by atoms with E-state index in [9.17, 15) is 9.18 Å². The highest BCUT2D eigenvalue weighted by Crippen LogP contribution is 2.18. The van der Waals surface area contributed by atoms with Crippen molar-refractivity contribution >= 4 is 5.91 Å². The van der Waals surface area contributed by atoms with Gasteiger partial charge in [-0.2, -0.15) is 10.2 Å². The van der Waals surface area contributed by atoms with Crippen LogP contribution in [-0.2, 0) is 6.54 Å². The first-order chi connectivity index (χ1) is 11.7. The molecule has 1 aromatic carbocycles. The lowest BCUT2D eigenvalue weighted by molar-refractivity contribution is 0.0751. The Morgan fingerprint density at radius 3 is 2.79 bits per heavy atom. The molecule has 3 aromatic rings. The van der Waals surface area contributed by atoms with Crippen LogP contribution in [0.25, 0.3) is 11.3 Å². The van der Waals surface area contributed by atoms with Crippen LogP contribution in [0.2, 0.25) is 0 Å². The molecule has 0 fully saturated rings. The normalized spacial score (nSPS) is 10.8. The van der Waals surface area contributed by atoms with Crippen molar-refractivity contribution in [2.75, 3.05) is 13.1 Å². The van der Waals surface area contributed by atoms with Gasteiger partial charge >= 0.3 is 0 Å². The van der Waals surface area contributed by atoms with Gasteiger partial charge in [-0.3, -0.25) is 14.6 Å². The lowest BCUT2D eigenvalue weighted by Crippen LogP contribution is -2.34. The van der Waals surface area contributed by atoms with Crippen LogP contribution < -0.4 is 0 Å². The SMILES string of the molecule is CCN(CCn1cccn1)C(=O)c1cc(-c2ccc(F)cc2)n[nH]1. The van der Waals surface area contributed by atoms with E-state index < -0.39 is 0 Å². The minimum Gasteiger partial charge on any atom is -0.336 e. The van der Waals surface area contributed by atoms with Crippen molar-refractivity contribution in [3.63, 3.8) is 0 Å². The standard InChI is InChI=1S/C17H18FN5O/c1-2-22(10-11-23-9-3-8-19-23)17(24)16-12-15(20-21-16)13-4-6-14(18)7-5-13/h3-9,12H,2,10-11H2,1H3,(H,20,21). The Morgan fingerprint density at radius 1 is 1.33 bits per heavy atom. The predicted octanol–water partition coefficient (Wildman–Crippen LogP) is 2.57. The predicted molar refractivity (Wildman–Crippen MR) is 87.8 cm³/mol. The highest BCUT2D eigenvalue weighted by Gasteiger charge is 2.17. The van der Waals surface area contributed by atoms with Gasteiger partial charge in [0.05, 0.1) is 12.2 Å². The fourth-order valence-corrected chi connectivity index (χ4v) is 2.43. The van der Waals surface area contributed by atoms with Crippen molar-refractivity contribution in [2.45, 2.75) is 13.5 Å². The summed E-state index contributed by atoms with van der Waals surface area (Å²) in [6.45, 7) is 3.71. The van der Waals surface area contributed by atoms with E-state index in [2.05, 4.69) is 15.3 Å². The molecule has 0 aliphatic heterocycles. The third-order valence-electron chi connectivity index (χ3n) is 3.78. The van der Waals surface area contributed by atoms with E-state index in [1.807, 2.05) is 19.2 Å². The molecular formula is C17H18FN5O. The number of carbonyl (C=O) groups is 1. The van der Waals surface area contributed by atoms with E-state index in [4.69, 9.17) is 0 Å². The Kier molecular flexibility index (Phi) is 4.69. The van der Waals surface area contributed by atoms with Crippen LogP contribution in [0.5, 0.6) is 0 Å². The second-order valence-corrected chi connectivity index (χ2v) is 5.33. The third-order valence-corrected chi connectivity index (χ3v) is 3.78. The largest absolute Gasteiger partial charge is 0.336 e. The number of aromatic nitrogens is 4. The first kappa shape index (κ1) is 15.9. The van der Waals surface area contributed by atoms with Crippen LogP contribution in [0.3, 0.4) is 0 Å². The Bertz CT molecular complexity index is 795. The number of hydrogen-bond acceptors (Lipinski definition) is 3. The molecule has 6 nitrogen and oxygen atoms in total. The number of hydrogen-bond donors (Lipinski definition) is 1. The number of amides is 1. The van der Waals surface area contributed by atoms with Gasteiger partial charge in [0.15, 0.2) is 0 Å². The summed E-state index contributed by atoms with van der Waals surface area (Å²) in [5.74, 6) is -0.424. The molecule has 1 amide bonds. The molecule has 0 bridgehead atoms. The van der Waals surface area contributed by atoms with Gasteiger partial charge in [-0.05, 0) is 43.3 Å². The molecule has 24 heavy (non-hydrogen) atoms. The summed E-state index contributed by atoms with van der Waals surface area (Å²) in [7, 11) is 0. The maximum Gasteiger partial charge on any atom is 0.271 e. The topological polar surface area (TPSA) is 66.8 Å². The van der Waals surface area contributed by atoms with Crippen molar-refractivity contribution in [3.8, 4) is 11.3 Å². The van der Waals surface area contributed by atoms with Crippen LogP contribution in [0.15, 0.2) is 48.8 Å². The van der Waals surface area contributed by atoms with Gasteiger partial charge in [0.2, 0.25) is 0 Å². The van der Waals surface area contributed by atoms with Gasteiger partial charge in [-0.25, -0.2) is 4.39 Å². The van der Waals surface area contributed by atoms with E-state index in [1.54, 1.807) is 34.0 Å². The van der Waals surface area contributed by atoms with Gasteiger partial charge in [-0.1, -0.05) is 0 Å². The summed E-state index contributed by atoms with van der Waals surface area (Å²) in [6.07, 6.45) is 3.57. The number of nitrogens with one attached hydrogen (secondary N) is 1. The summed E-state index contributed by atoms with van der Waals surface area (Å²) in [4.78, 5) is 14.3. The molecule has 0 saturated heterocycles. The van der Waals surface area contributed by atoms with Gasteiger partial charge in [0, 0.05) is 31.0 Å². The molecule has 0 aliphatic carbocycles. The molecule has 124 valence electrons. The quantitative estimate of drug-likeness (QED) is 0.757. The summed E-state index contributed by atoms with van der Waals surface area (Å²) < 4.78 is 14.8. The summed E-state index contributed by atoms with van der Waals surface area (Å²) in [6, 6.07) is 9.54. The van der Waals surface area contributed by atoms with Crippen LogP contribution in [0.1, 0.15) is 17.4 Å². The van der Waals surface area contributed by atoms with Gasteiger partial charge < -0.3 is 4.90 Å². The fourth-order valence-electron chi connectivity index (χ4n) is 2.43. The zero-order valence-corrected chi connectivity index (χ0v) is 13.3. The van der Waals surface area contributed by atoms with E-state index >= 15 is 0 Å².